The zero-order valence-electron chi connectivity index (χ0n) is 11.5. The van der Waals surface area contributed by atoms with Crippen LogP contribution in [0.3, 0.4) is 0 Å². The van der Waals surface area contributed by atoms with Gasteiger partial charge in [0.05, 0.1) is 6.54 Å². The van der Waals surface area contributed by atoms with Crippen molar-refractivity contribution in [3.05, 3.63) is 11.6 Å². The monoisotopic (exact) mass is 291 g/mol. The summed E-state index contributed by atoms with van der Waals surface area (Å²) >= 11 is 0. The molecule has 5 nitrogen and oxygen atoms in total. The average Bonchev–Trinajstić information content (AvgIpc) is 2.79. The summed E-state index contributed by atoms with van der Waals surface area (Å²) in [5.74, 6) is -0.534. The SMILES string of the molecule is CCCCC(N)CN1CCn2c(nnc2C(F)(F)F)C1. The van der Waals surface area contributed by atoms with Gasteiger partial charge >= 0.3 is 6.18 Å². The van der Waals surface area contributed by atoms with Crippen molar-refractivity contribution < 1.29 is 13.2 Å². The van der Waals surface area contributed by atoms with Gasteiger partial charge in [-0.05, 0) is 6.42 Å². The molecule has 1 aromatic rings. The number of nitrogens with two attached hydrogens (primary N) is 1. The highest BCUT2D eigenvalue weighted by molar-refractivity contribution is 5.02. The Labute approximate surface area is 115 Å². The lowest BCUT2D eigenvalue weighted by atomic mass is 10.1. The van der Waals surface area contributed by atoms with Crippen LogP contribution in [0, 0.1) is 0 Å². The number of rotatable bonds is 5. The Morgan fingerprint density at radius 2 is 2.05 bits per heavy atom. The first-order valence-corrected chi connectivity index (χ1v) is 6.89. The fourth-order valence-electron chi connectivity index (χ4n) is 2.46. The maximum atomic E-state index is 12.7. The van der Waals surface area contributed by atoms with E-state index in [2.05, 4.69) is 17.1 Å². The third-order valence-corrected chi connectivity index (χ3v) is 3.51. The fraction of sp³-hybridized carbons (Fsp3) is 0.833. The maximum Gasteiger partial charge on any atom is 0.451 e. The molecular formula is C12H20F3N5. The van der Waals surface area contributed by atoms with E-state index in [1.807, 2.05) is 4.90 Å². The number of alkyl halides is 3. The highest BCUT2D eigenvalue weighted by Crippen LogP contribution is 2.29. The molecule has 2 heterocycles. The van der Waals surface area contributed by atoms with Crippen LogP contribution in [0.1, 0.15) is 37.8 Å². The summed E-state index contributed by atoms with van der Waals surface area (Å²) < 4.78 is 39.3. The third-order valence-electron chi connectivity index (χ3n) is 3.51. The van der Waals surface area contributed by atoms with Gasteiger partial charge in [-0.15, -0.1) is 10.2 Å². The van der Waals surface area contributed by atoms with Crippen LogP contribution >= 0.6 is 0 Å². The van der Waals surface area contributed by atoms with E-state index < -0.39 is 12.0 Å². The van der Waals surface area contributed by atoms with Crippen LogP contribution in [-0.2, 0) is 19.3 Å². The average molecular weight is 291 g/mol. The second-order valence-electron chi connectivity index (χ2n) is 5.23. The normalized spacial score (nSPS) is 18.1. The van der Waals surface area contributed by atoms with Crippen LogP contribution in [0.25, 0.3) is 0 Å². The first kappa shape index (κ1) is 15.2. The molecule has 1 aliphatic rings. The molecule has 0 saturated heterocycles. The lowest BCUT2D eigenvalue weighted by molar-refractivity contribution is -0.148. The van der Waals surface area contributed by atoms with Gasteiger partial charge in [-0.2, -0.15) is 13.2 Å². The van der Waals surface area contributed by atoms with Gasteiger partial charge in [0, 0.05) is 25.7 Å². The summed E-state index contributed by atoms with van der Waals surface area (Å²) in [6.07, 6.45) is -1.33. The Balaban J connectivity index is 1.97. The molecule has 0 saturated carbocycles. The summed E-state index contributed by atoms with van der Waals surface area (Å²) in [6.45, 7) is 3.98. The van der Waals surface area contributed by atoms with Crippen molar-refractivity contribution in [2.75, 3.05) is 13.1 Å². The zero-order valence-corrected chi connectivity index (χ0v) is 11.5. The zero-order chi connectivity index (χ0) is 14.8. The lowest BCUT2D eigenvalue weighted by Crippen LogP contribution is -2.42. The fourth-order valence-corrected chi connectivity index (χ4v) is 2.46. The number of aromatic nitrogens is 3. The number of halogens is 3. The van der Waals surface area contributed by atoms with E-state index in [0.29, 0.717) is 25.5 Å². The lowest BCUT2D eigenvalue weighted by Gasteiger charge is -2.29. The molecule has 0 fully saturated rings. The van der Waals surface area contributed by atoms with E-state index in [4.69, 9.17) is 5.73 Å². The van der Waals surface area contributed by atoms with Gasteiger partial charge in [0.1, 0.15) is 5.82 Å². The van der Waals surface area contributed by atoms with Gasteiger partial charge in [-0.1, -0.05) is 19.8 Å². The Morgan fingerprint density at radius 3 is 2.70 bits per heavy atom. The topological polar surface area (TPSA) is 60.0 Å². The number of unbranched alkanes of at least 4 members (excludes halogenated alkanes) is 1. The summed E-state index contributed by atoms with van der Waals surface area (Å²) in [6, 6.07) is 0.0616. The molecule has 1 aliphatic heterocycles. The molecule has 20 heavy (non-hydrogen) atoms. The molecule has 2 rings (SSSR count). The molecule has 0 amide bonds. The van der Waals surface area contributed by atoms with Crippen molar-refractivity contribution in [1.82, 2.24) is 19.7 Å². The Kier molecular flexibility index (Phi) is 4.64. The van der Waals surface area contributed by atoms with Crippen LogP contribution < -0.4 is 5.73 Å². The second-order valence-corrected chi connectivity index (χ2v) is 5.23. The smallest absolute Gasteiger partial charge is 0.327 e. The van der Waals surface area contributed by atoms with Gasteiger partial charge in [-0.3, -0.25) is 4.90 Å². The van der Waals surface area contributed by atoms with Crippen LogP contribution in [-0.4, -0.2) is 38.8 Å². The van der Waals surface area contributed by atoms with E-state index in [9.17, 15) is 13.2 Å². The van der Waals surface area contributed by atoms with Crippen molar-refractivity contribution >= 4 is 0 Å². The number of nitrogens with zero attached hydrogens (tertiary/aromatic N) is 4. The number of hydrogen-bond donors (Lipinski definition) is 1. The first-order valence-electron chi connectivity index (χ1n) is 6.89. The number of hydrogen-bond acceptors (Lipinski definition) is 4. The van der Waals surface area contributed by atoms with Crippen LogP contribution in [0.5, 0.6) is 0 Å². The Morgan fingerprint density at radius 1 is 1.30 bits per heavy atom. The molecule has 1 aromatic heterocycles. The molecule has 114 valence electrons. The van der Waals surface area contributed by atoms with Crippen molar-refractivity contribution in [3.8, 4) is 0 Å². The molecule has 1 atom stereocenters. The van der Waals surface area contributed by atoms with E-state index in [1.54, 1.807) is 0 Å². The maximum absolute atomic E-state index is 12.7. The van der Waals surface area contributed by atoms with E-state index in [-0.39, 0.29) is 12.6 Å². The van der Waals surface area contributed by atoms with Gasteiger partial charge < -0.3 is 10.3 Å². The third kappa shape index (κ3) is 3.49. The first-order chi connectivity index (χ1) is 9.41. The summed E-state index contributed by atoms with van der Waals surface area (Å²) in [4.78, 5) is 2.05. The van der Waals surface area contributed by atoms with E-state index in [1.165, 1.54) is 0 Å². The number of fused-ring (bicyclic) bond motifs is 1. The largest absolute Gasteiger partial charge is 0.451 e. The van der Waals surface area contributed by atoms with Crippen LogP contribution in [0.4, 0.5) is 13.2 Å². The quantitative estimate of drug-likeness (QED) is 0.896. The Bertz CT molecular complexity index is 443. The molecule has 1 unspecified atom stereocenters. The van der Waals surface area contributed by atoms with E-state index >= 15 is 0 Å². The van der Waals surface area contributed by atoms with Crippen molar-refractivity contribution in [3.63, 3.8) is 0 Å². The molecule has 0 radical (unpaired) electrons. The van der Waals surface area contributed by atoms with E-state index in [0.717, 1.165) is 23.8 Å². The van der Waals surface area contributed by atoms with Gasteiger partial charge in [0.2, 0.25) is 5.82 Å². The molecule has 0 bridgehead atoms. The minimum atomic E-state index is -4.44. The highest BCUT2D eigenvalue weighted by Gasteiger charge is 2.39. The predicted octanol–water partition coefficient (Wildman–Crippen LogP) is 1.63. The minimum Gasteiger partial charge on any atom is -0.327 e. The highest BCUT2D eigenvalue weighted by atomic mass is 19.4. The van der Waals surface area contributed by atoms with Crippen molar-refractivity contribution in [2.24, 2.45) is 5.73 Å². The molecule has 0 aromatic carbocycles. The Hall–Kier alpha value is -1.15. The standard InChI is InChI=1S/C12H20F3N5/c1-2-3-4-9(16)7-19-5-6-20-10(8-19)17-18-11(20)12(13,14)15/h9H,2-8,16H2,1H3. The predicted molar refractivity (Wildman–Crippen MR) is 67.8 cm³/mol. The van der Waals surface area contributed by atoms with Gasteiger partial charge in [-0.25, -0.2) is 0 Å². The van der Waals surface area contributed by atoms with Crippen molar-refractivity contribution in [1.29, 1.82) is 0 Å². The second kappa shape index (κ2) is 6.09. The summed E-state index contributed by atoms with van der Waals surface area (Å²) in [7, 11) is 0. The summed E-state index contributed by atoms with van der Waals surface area (Å²) in [5.41, 5.74) is 6.02. The van der Waals surface area contributed by atoms with Gasteiger partial charge in [0.25, 0.3) is 0 Å². The molecule has 0 spiro atoms. The molecular weight excluding hydrogens is 271 g/mol. The van der Waals surface area contributed by atoms with Crippen molar-refractivity contribution in [2.45, 2.75) is 51.5 Å². The van der Waals surface area contributed by atoms with Crippen LogP contribution in [0.2, 0.25) is 0 Å². The molecule has 8 heteroatoms. The van der Waals surface area contributed by atoms with Gasteiger partial charge in [0.15, 0.2) is 0 Å². The molecule has 0 aliphatic carbocycles. The molecule has 2 N–H and O–H groups in total. The summed E-state index contributed by atoms with van der Waals surface area (Å²) in [5, 5.41) is 6.92. The minimum absolute atomic E-state index is 0.0616. The van der Waals surface area contributed by atoms with Crippen LogP contribution in [0.15, 0.2) is 0 Å².